The predicted octanol–water partition coefficient (Wildman–Crippen LogP) is -0.383. The van der Waals surface area contributed by atoms with Gasteiger partial charge in [0.2, 0.25) is 0 Å². The van der Waals surface area contributed by atoms with Crippen molar-refractivity contribution in [2.24, 2.45) is 34.5 Å². The van der Waals surface area contributed by atoms with Gasteiger partial charge >= 0.3 is 0 Å². The molecule has 1 heterocycles. The van der Waals surface area contributed by atoms with Crippen molar-refractivity contribution in [3.63, 3.8) is 0 Å². The lowest BCUT2D eigenvalue weighted by molar-refractivity contribution is -0.323. The molecule has 1 aliphatic heterocycles. The van der Waals surface area contributed by atoms with Crippen molar-refractivity contribution in [3.8, 4) is 0 Å². The van der Waals surface area contributed by atoms with E-state index in [-0.39, 0.29) is 42.4 Å². The number of fused-ring (bicyclic) bond motifs is 2. The Morgan fingerprint density at radius 1 is 1.12 bits per heavy atom. The molecule has 8 heteroatoms. The SMILES string of the molecule is CCN1CC2(CO)CCC(O)C34C5CC6C(OC)CC(OC)(C5C6O)C(O)(C(OC)C23)C14. The molecular formula is C24H39NO7. The Kier molecular flexibility index (Phi) is 4.62. The molecule has 0 aromatic rings. The highest BCUT2D eigenvalue weighted by Crippen LogP contribution is 2.80. The molecule has 6 rings (SSSR count). The number of rotatable bonds is 5. The largest absolute Gasteiger partial charge is 0.396 e. The van der Waals surface area contributed by atoms with Gasteiger partial charge in [-0.05, 0) is 31.7 Å². The van der Waals surface area contributed by atoms with Gasteiger partial charge in [-0.3, -0.25) is 4.90 Å². The molecule has 1 spiro atoms. The van der Waals surface area contributed by atoms with Crippen molar-refractivity contribution in [1.82, 2.24) is 4.90 Å². The monoisotopic (exact) mass is 453 g/mol. The summed E-state index contributed by atoms with van der Waals surface area (Å²) in [7, 11) is 4.94. The van der Waals surface area contributed by atoms with Gasteiger partial charge in [-0.1, -0.05) is 6.92 Å². The number of methoxy groups -OCH3 is 3. The Morgan fingerprint density at radius 3 is 2.47 bits per heavy atom. The van der Waals surface area contributed by atoms with E-state index in [1.54, 1.807) is 21.3 Å². The van der Waals surface area contributed by atoms with Crippen LogP contribution in [0.1, 0.15) is 32.6 Å². The number of ether oxygens (including phenoxy) is 3. The van der Waals surface area contributed by atoms with Gasteiger partial charge in [0.25, 0.3) is 0 Å². The molecule has 1 saturated heterocycles. The lowest BCUT2D eigenvalue weighted by Crippen LogP contribution is -2.82. The number of hydrogen-bond acceptors (Lipinski definition) is 8. The van der Waals surface area contributed by atoms with Crippen LogP contribution < -0.4 is 0 Å². The third-order valence-electron chi connectivity index (χ3n) is 11.5. The molecule has 32 heavy (non-hydrogen) atoms. The molecule has 5 saturated carbocycles. The molecule has 13 unspecified atom stereocenters. The van der Waals surface area contributed by atoms with E-state index < -0.39 is 40.3 Å². The van der Waals surface area contributed by atoms with E-state index in [1.165, 1.54) is 0 Å². The van der Waals surface area contributed by atoms with E-state index in [2.05, 4.69) is 11.8 Å². The molecular weight excluding hydrogens is 414 g/mol. The maximum atomic E-state index is 13.0. The van der Waals surface area contributed by atoms with Crippen LogP contribution in [0.15, 0.2) is 0 Å². The molecule has 4 N–H and O–H groups in total. The van der Waals surface area contributed by atoms with Crippen LogP contribution in [0.3, 0.4) is 0 Å². The maximum Gasteiger partial charge on any atom is 0.136 e. The average molecular weight is 454 g/mol. The Labute approximate surface area is 189 Å². The Balaban J connectivity index is 1.70. The first kappa shape index (κ1) is 22.2. The molecule has 8 nitrogen and oxygen atoms in total. The Hall–Kier alpha value is -0.320. The van der Waals surface area contributed by atoms with Crippen molar-refractivity contribution in [2.45, 2.75) is 74.3 Å². The highest BCUT2D eigenvalue weighted by molar-refractivity contribution is 5.41. The van der Waals surface area contributed by atoms with Gasteiger partial charge in [0.1, 0.15) is 11.2 Å². The lowest BCUT2D eigenvalue weighted by atomic mass is 9.42. The normalized spacial score (nSPS) is 62.4. The summed E-state index contributed by atoms with van der Waals surface area (Å²) in [5.41, 5.74) is -3.64. The van der Waals surface area contributed by atoms with Crippen LogP contribution in [-0.2, 0) is 14.2 Å². The van der Waals surface area contributed by atoms with Gasteiger partial charge in [-0.25, -0.2) is 0 Å². The number of aliphatic hydroxyl groups is 4. The Bertz CT molecular complexity index is 798. The molecule has 13 atom stereocenters. The molecule has 7 bridgehead atoms. The fraction of sp³-hybridized carbons (Fsp3) is 1.00. The number of hydrogen-bond donors (Lipinski definition) is 4. The van der Waals surface area contributed by atoms with Crippen LogP contribution in [-0.4, -0.2) is 108 Å². The third-order valence-corrected chi connectivity index (χ3v) is 11.5. The van der Waals surface area contributed by atoms with Gasteiger partial charge in [0.05, 0.1) is 37.1 Å². The summed E-state index contributed by atoms with van der Waals surface area (Å²) in [6, 6.07) is -0.368. The molecule has 0 aromatic carbocycles. The predicted molar refractivity (Wildman–Crippen MR) is 114 cm³/mol. The van der Waals surface area contributed by atoms with E-state index >= 15 is 0 Å². The van der Waals surface area contributed by atoms with E-state index in [4.69, 9.17) is 14.2 Å². The zero-order chi connectivity index (χ0) is 22.8. The molecule has 6 fully saturated rings. The number of likely N-dealkylation sites (N-methyl/N-ethyl adjacent to an activating group) is 1. The number of likely N-dealkylation sites (tertiary alicyclic amines) is 1. The smallest absolute Gasteiger partial charge is 0.136 e. The second-order valence-corrected chi connectivity index (χ2v) is 11.6. The minimum Gasteiger partial charge on any atom is -0.396 e. The molecule has 6 aliphatic rings. The van der Waals surface area contributed by atoms with E-state index in [9.17, 15) is 20.4 Å². The van der Waals surface area contributed by atoms with Gasteiger partial charge in [-0.2, -0.15) is 0 Å². The van der Waals surface area contributed by atoms with Crippen LogP contribution in [0.2, 0.25) is 0 Å². The van der Waals surface area contributed by atoms with Crippen molar-refractivity contribution >= 4 is 0 Å². The Morgan fingerprint density at radius 2 is 1.88 bits per heavy atom. The number of nitrogens with zero attached hydrogens (tertiary/aromatic N) is 1. The van der Waals surface area contributed by atoms with E-state index in [0.717, 1.165) is 6.42 Å². The standard InChI is InChI=1S/C24H39NO7/c1-5-25-10-21(11-26)7-6-15(27)23-13-8-12-14(30-2)9-22(32-4,16(13)17(12)28)24(29,20(23)25)19(31-3)18(21)23/h12-20,26-29H,5-11H2,1-4H3. The van der Waals surface area contributed by atoms with Crippen molar-refractivity contribution in [3.05, 3.63) is 0 Å². The minimum absolute atomic E-state index is 0.00462. The van der Waals surface area contributed by atoms with Crippen LogP contribution in [0.25, 0.3) is 0 Å². The fourth-order valence-electron chi connectivity index (χ4n) is 10.8. The van der Waals surface area contributed by atoms with Crippen molar-refractivity contribution < 1.29 is 34.6 Å². The van der Waals surface area contributed by atoms with Crippen LogP contribution >= 0.6 is 0 Å². The van der Waals surface area contributed by atoms with Crippen LogP contribution in [0.5, 0.6) is 0 Å². The first-order chi connectivity index (χ1) is 15.3. The van der Waals surface area contributed by atoms with Gasteiger partial charge in [0.15, 0.2) is 0 Å². The minimum atomic E-state index is -1.45. The van der Waals surface area contributed by atoms with Crippen LogP contribution in [0.4, 0.5) is 0 Å². The first-order valence-corrected chi connectivity index (χ1v) is 12.3. The summed E-state index contributed by atoms with van der Waals surface area (Å²) in [4.78, 5) is 2.28. The topological polar surface area (TPSA) is 112 Å². The third kappa shape index (κ3) is 1.92. The molecule has 0 amide bonds. The maximum absolute atomic E-state index is 13.0. The van der Waals surface area contributed by atoms with Gasteiger partial charge < -0.3 is 34.6 Å². The summed E-state index contributed by atoms with van der Waals surface area (Å²) in [6.07, 6.45) is 0.343. The summed E-state index contributed by atoms with van der Waals surface area (Å²) in [5, 5.41) is 47.2. The second-order valence-electron chi connectivity index (χ2n) is 11.6. The summed E-state index contributed by atoms with van der Waals surface area (Å²) >= 11 is 0. The molecule has 0 aromatic heterocycles. The zero-order valence-electron chi connectivity index (χ0n) is 19.6. The quantitative estimate of drug-likeness (QED) is 0.446. The number of aliphatic hydroxyl groups excluding tert-OH is 3. The highest BCUT2D eigenvalue weighted by atomic mass is 16.5. The number of piperidine rings is 1. The van der Waals surface area contributed by atoms with E-state index in [1.807, 2.05) is 0 Å². The summed E-state index contributed by atoms with van der Waals surface area (Å²) < 4.78 is 18.4. The molecule has 5 aliphatic carbocycles. The van der Waals surface area contributed by atoms with Gasteiger partial charge in [0, 0.05) is 62.9 Å². The van der Waals surface area contributed by atoms with Crippen molar-refractivity contribution in [2.75, 3.05) is 41.0 Å². The van der Waals surface area contributed by atoms with E-state index in [0.29, 0.717) is 32.4 Å². The first-order valence-electron chi connectivity index (χ1n) is 12.3. The summed E-state index contributed by atoms with van der Waals surface area (Å²) in [5.74, 6) is -0.617. The molecule has 0 radical (unpaired) electrons. The molecule has 182 valence electrons. The second kappa shape index (κ2) is 6.66. The average Bonchev–Trinajstić information content (AvgIpc) is 3.15. The van der Waals surface area contributed by atoms with Crippen LogP contribution in [0, 0.1) is 34.5 Å². The fourth-order valence-corrected chi connectivity index (χ4v) is 10.8. The summed E-state index contributed by atoms with van der Waals surface area (Å²) in [6.45, 7) is 3.45. The van der Waals surface area contributed by atoms with Crippen molar-refractivity contribution in [1.29, 1.82) is 0 Å². The van der Waals surface area contributed by atoms with Gasteiger partial charge in [-0.15, -0.1) is 0 Å². The highest BCUT2D eigenvalue weighted by Gasteiger charge is 2.91. The zero-order valence-corrected chi connectivity index (χ0v) is 19.6. The lowest BCUT2D eigenvalue weighted by Gasteiger charge is -2.70.